The SMILES string of the molecule is O=C(O)C=CC(=O)O.c1cc[nH]c1. The van der Waals surface area contributed by atoms with E-state index in [2.05, 4.69) is 4.98 Å². The highest BCUT2D eigenvalue weighted by Crippen LogP contribution is 1.72. The number of hydrogen-bond acceptors (Lipinski definition) is 2. The maximum absolute atomic E-state index is 9.55. The first-order valence-electron chi connectivity index (χ1n) is 3.34. The van der Waals surface area contributed by atoms with Crippen LogP contribution >= 0.6 is 0 Å². The summed E-state index contributed by atoms with van der Waals surface area (Å²) in [5, 5.41) is 15.6. The lowest BCUT2D eigenvalue weighted by Gasteiger charge is -1.74. The summed E-state index contributed by atoms with van der Waals surface area (Å²) >= 11 is 0. The number of aromatic nitrogens is 1. The molecule has 0 unspecified atom stereocenters. The smallest absolute Gasteiger partial charge is 0.328 e. The number of rotatable bonds is 2. The molecule has 5 heteroatoms. The number of aromatic amines is 1. The van der Waals surface area contributed by atoms with Crippen LogP contribution in [0.3, 0.4) is 0 Å². The van der Waals surface area contributed by atoms with E-state index in [1.54, 1.807) is 0 Å². The third kappa shape index (κ3) is 9.96. The molecule has 0 fully saturated rings. The second-order valence-electron chi connectivity index (χ2n) is 1.89. The zero-order valence-electron chi connectivity index (χ0n) is 6.68. The van der Waals surface area contributed by atoms with E-state index < -0.39 is 11.9 Å². The van der Waals surface area contributed by atoms with Crippen molar-refractivity contribution in [1.82, 2.24) is 4.98 Å². The van der Waals surface area contributed by atoms with Gasteiger partial charge >= 0.3 is 11.9 Å². The van der Waals surface area contributed by atoms with Gasteiger partial charge in [0, 0.05) is 24.5 Å². The van der Waals surface area contributed by atoms with Crippen LogP contribution in [0.4, 0.5) is 0 Å². The summed E-state index contributed by atoms with van der Waals surface area (Å²) in [5.41, 5.74) is 0. The minimum absolute atomic E-state index is 0.558. The largest absolute Gasteiger partial charge is 0.478 e. The number of nitrogens with one attached hydrogen (secondary N) is 1. The molecule has 5 nitrogen and oxygen atoms in total. The van der Waals surface area contributed by atoms with Gasteiger partial charge in [-0.1, -0.05) is 0 Å². The quantitative estimate of drug-likeness (QED) is 0.589. The zero-order chi connectivity index (χ0) is 10.1. The Hall–Kier alpha value is -2.04. The molecule has 3 N–H and O–H groups in total. The van der Waals surface area contributed by atoms with Crippen molar-refractivity contribution in [1.29, 1.82) is 0 Å². The fourth-order valence-corrected chi connectivity index (χ4v) is 0.420. The summed E-state index contributed by atoms with van der Waals surface area (Å²) in [6.45, 7) is 0. The van der Waals surface area contributed by atoms with Gasteiger partial charge in [0.2, 0.25) is 0 Å². The molecule has 70 valence electrons. The van der Waals surface area contributed by atoms with Crippen LogP contribution in [0.1, 0.15) is 0 Å². The Bertz CT molecular complexity index is 243. The fourth-order valence-electron chi connectivity index (χ4n) is 0.420. The molecule has 0 aromatic carbocycles. The molecule has 0 saturated heterocycles. The van der Waals surface area contributed by atoms with Crippen molar-refractivity contribution in [3.05, 3.63) is 36.7 Å². The fraction of sp³-hybridized carbons (Fsp3) is 0. The first-order chi connectivity index (χ1) is 6.13. The van der Waals surface area contributed by atoms with Gasteiger partial charge in [-0.05, 0) is 12.1 Å². The predicted octanol–water partition coefficient (Wildman–Crippen LogP) is 0.727. The summed E-state index contributed by atoms with van der Waals surface area (Å²) < 4.78 is 0. The van der Waals surface area contributed by atoms with Gasteiger partial charge < -0.3 is 15.2 Å². The second kappa shape index (κ2) is 6.66. The normalized spacial score (nSPS) is 8.92. The number of hydrogen-bond donors (Lipinski definition) is 3. The molecule has 0 saturated carbocycles. The Kier molecular flexibility index (Phi) is 5.61. The van der Waals surface area contributed by atoms with Crippen molar-refractivity contribution in [2.45, 2.75) is 0 Å². The Balaban J connectivity index is 0.000000243. The van der Waals surface area contributed by atoms with E-state index in [0.717, 1.165) is 0 Å². The van der Waals surface area contributed by atoms with Crippen LogP contribution in [0.25, 0.3) is 0 Å². The van der Waals surface area contributed by atoms with Crippen LogP contribution in [-0.4, -0.2) is 27.1 Å². The molecule has 1 aromatic heterocycles. The van der Waals surface area contributed by atoms with Crippen LogP contribution in [-0.2, 0) is 9.59 Å². The molecule has 0 bridgehead atoms. The number of carbonyl (C=O) groups is 2. The van der Waals surface area contributed by atoms with Crippen LogP contribution in [0.2, 0.25) is 0 Å². The average Bonchev–Trinajstić information content (AvgIpc) is 2.57. The summed E-state index contributed by atoms with van der Waals surface area (Å²) in [5.74, 6) is -2.51. The Morgan fingerprint density at radius 2 is 1.38 bits per heavy atom. The molecule has 0 radical (unpaired) electrons. The van der Waals surface area contributed by atoms with Crippen LogP contribution in [0, 0.1) is 0 Å². The molecule has 0 amide bonds. The van der Waals surface area contributed by atoms with Crippen molar-refractivity contribution in [2.24, 2.45) is 0 Å². The molecule has 0 aliphatic carbocycles. The average molecular weight is 183 g/mol. The zero-order valence-corrected chi connectivity index (χ0v) is 6.68. The van der Waals surface area contributed by atoms with Crippen molar-refractivity contribution < 1.29 is 19.8 Å². The maximum atomic E-state index is 9.55. The Morgan fingerprint density at radius 3 is 1.54 bits per heavy atom. The third-order valence-corrected chi connectivity index (χ3v) is 0.864. The van der Waals surface area contributed by atoms with Crippen LogP contribution < -0.4 is 0 Å². The van der Waals surface area contributed by atoms with Gasteiger partial charge in [-0.2, -0.15) is 0 Å². The highest BCUT2D eigenvalue weighted by molar-refractivity contribution is 5.89. The minimum Gasteiger partial charge on any atom is -0.478 e. The van der Waals surface area contributed by atoms with Crippen molar-refractivity contribution in [3.8, 4) is 0 Å². The monoisotopic (exact) mass is 183 g/mol. The highest BCUT2D eigenvalue weighted by atomic mass is 16.4. The van der Waals surface area contributed by atoms with Gasteiger partial charge in [0.15, 0.2) is 0 Å². The topological polar surface area (TPSA) is 90.4 Å². The van der Waals surface area contributed by atoms with Crippen LogP contribution in [0.5, 0.6) is 0 Å². The molecule has 1 heterocycles. The predicted molar refractivity (Wildman–Crippen MR) is 45.2 cm³/mol. The van der Waals surface area contributed by atoms with Crippen molar-refractivity contribution in [3.63, 3.8) is 0 Å². The van der Waals surface area contributed by atoms with E-state index in [4.69, 9.17) is 10.2 Å². The van der Waals surface area contributed by atoms with Gasteiger partial charge in [0.05, 0.1) is 0 Å². The summed E-state index contributed by atoms with van der Waals surface area (Å²) in [4.78, 5) is 22.0. The second-order valence-corrected chi connectivity index (χ2v) is 1.89. The maximum Gasteiger partial charge on any atom is 0.328 e. The molecule has 1 aromatic rings. The van der Waals surface area contributed by atoms with E-state index in [1.165, 1.54) is 0 Å². The van der Waals surface area contributed by atoms with Gasteiger partial charge in [0.25, 0.3) is 0 Å². The van der Waals surface area contributed by atoms with Crippen molar-refractivity contribution >= 4 is 11.9 Å². The molecule has 0 aliphatic heterocycles. The standard InChI is InChI=1S/C4H5N.C4H4O4/c1-2-4-5-3-1;5-3(6)1-2-4(7)8/h1-5H;1-2H,(H,5,6)(H,7,8). The Labute approximate surface area is 74.3 Å². The number of aliphatic carboxylic acids is 2. The molecular formula is C8H9NO4. The van der Waals surface area contributed by atoms with E-state index in [0.29, 0.717) is 12.2 Å². The lowest BCUT2D eigenvalue weighted by molar-refractivity contribution is -0.134. The van der Waals surface area contributed by atoms with Gasteiger partial charge in [0.1, 0.15) is 0 Å². The van der Waals surface area contributed by atoms with E-state index in [1.807, 2.05) is 24.5 Å². The summed E-state index contributed by atoms with van der Waals surface area (Å²) in [6.07, 6.45) is 4.87. The van der Waals surface area contributed by atoms with Crippen molar-refractivity contribution in [2.75, 3.05) is 0 Å². The molecule has 13 heavy (non-hydrogen) atoms. The lowest BCUT2D eigenvalue weighted by atomic mass is 10.5. The molecule has 0 atom stereocenters. The molecule has 0 spiro atoms. The van der Waals surface area contributed by atoms with Gasteiger partial charge in [-0.3, -0.25) is 0 Å². The third-order valence-electron chi connectivity index (χ3n) is 0.864. The number of H-pyrrole nitrogens is 1. The molecular weight excluding hydrogens is 174 g/mol. The van der Waals surface area contributed by atoms with E-state index in [-0.39, 0.29) is 0 Å². The number of carboxylic acids is 2. The van der Waals surface area contributed by atoms with E-state index in [9.17, 15) is 9.59 Å². The first kappa shape index (κ1) is 11.0. The van der Waals surface area contributed by atoms with Gasteiger partial charge in [-0.25, -0.2) is 9.59 Å². The lowest BCUT2D eigenvalue weighted by Crippen LogP contribution is -1.91. The minimum atomic E-state index is -1.26. The molecule has 1 rings (SSSR count). The number of carboxylic acid groups (broad SMARTS) is 2. The summed E-state index contributed by atoms with van der Waals surface area (Å²) in [6, 6.07) is 3.89. The highest BCUT2D eigenvalue weighted by Gasteiger charge is 1.88. The first-order valence-corrected chi connectivity index (χ1v) is 3.34. The molecule has 0 aliphatic rings. The van der Waals surface area contributed by atoms with Crippen LogP contribution in [0.15, 0.2) is 36.7 Å². The van der Waals surface area contributed by atoms with E-state index >= 15 is 0 Å². The van der Waals surface area contributed by atoms with Gasteiger partial charge in [-0.15, -0.1) is 0 Å². The summed E-state index contributed by atoms with van der Waals surface area (Å²) in [7, 11) is 0. The Morgan fingerprint density at radius 1 is 1.00 bits per heavy atom.